The quantitative estimate of drug-likeness (QED) is 0.283. The second-order valence-electron chi connectivity index (χ2n) is 10.4. The first-order valence-corrected chi connectivity index (χ1v) is 14.8. The Labute approximate surface area is 237 Å². The fourth-order valence-electron chi connectivity index (χ4n) is 5.16. The molecule has 2 aliphatic rings. The summed E-state index contributed by atoms with van der Waals surface area (Å²) in [5.41, 5.74) is -0.241. The van der Waals surface area contributed by atoms with Crippen LogP contribution in [0.25, 0.3) is 0 Å². The van der Waals surface area contributed by atoms with Gasteiger partial charge in [-0.2, -0.15) is 5.26 Å². The lowest BCUT2D eigenvalue weighted by Gasteiger charge is -2.41. The highest BCUT2D eigenvalue weighted by atomic mass is 32.5. The molecular weight excluding hydrogens is 595 g/mol. The number of nitrogens with one attached hydrogen (secondary N) is 1. The number of nitrogens with zero attached hydrogens (tertiary/aromatic N) is 4. The average molecular weight is 624 g/mol. The Bertz CT molecular complexity index is 1350. The van der Waals surface area contributed by atoms with E-state index < -0.39 is 69.9 Å². The van der Waals surface area contributed by atoms with Crippen LogP contribution >= 0.6 is 10.2 Å². The number of methoxy groups -OCH3 is 1. The summed E-state index contributed by atoms with van der Waals surface area (Å²) in [5.74, 6) is -4.64. The SMILES string of the molecule is COC1CC(C(=O)N(c2ccc(S(F)(F)(F)(F)F)cc2)C(C(=O)NC2CCC(F)(F)CC2)c2cccnc2)N(C#N)C1. The highest BCUT2D eigenvalue weighted by Gasteiger charge is 2.65. The number of hydrogen-bond acceptors (Lipinski definition) is 6. The number of carbonyl (C=O) groups excluding carboxylic acids is 2. The van der Waals surface area contributed by atoms with Crippen LogP contribution in [0.3, 0.4) is 0 Å². The van der Waals surface area contributed by atoms with Crippen molar-refractivity contribution in [1.29, 1.82) is 5.26 Å². The van der Waals surface area contributed by atoms with Crippen molar-refractivity contribution in [2.45, 2.75) is 67.2 Å². The average Bonchev–Trinajstić information content (AvgIpc) is 3.35. The Morgan fingerprint density at radius 3 is 2.31 bits per heavy atom. The standard InChI is InChI=1S/C26H28F7N5O3S/c1-41-20-13-22(37(15-20)16-34)25(40)38(19-4-6-21(7-5-19)42(29,30,31,32)33)23(17-3-2-12-35-14-17)24(39)36-18-8-10-26(27,28)11-9-18/h2-7,12,14,18,20,22-23H,8-11,13,15H2,1H3,(H,36,39). The van der Waals surface area contributed by atoms with Gasteiger partial charge in [-0.3, -0.25) is 24.4 Å². The van der Waals surface area contributed by atoms with Gasteiger partial charge in [0.2, 0.25) is 11.8 Å². The van der Waals surface area contributed by atoms with E-state index in [4.69, 9.17) is 4.74 Å². The maximum atomic E-state index is 14.1. The number of pyridine rings is 1. The van der Waals surface area contributed by atoms with Crippen LogP contribution < -0.4 is 10.2 Å². The lowest BCUT2D eigenvalue weighted by molar-refractivity contribution is -0.129. The number of halogens is 7. The summed E-state index contributed by atoms with van der Waals surface area (Å²) < 4.78 is 100. The van der Waals surface area contributed by atoms with Gasteiger partial charge in [0.05, 0.1) is 12.6 Å². The van der Waals surface area contributed by atoms with Crippen LogP contribution in [-0.4, -0.2) is 59.5 Å². The number of aromatic nitrogens is 1. The van der Waals surface area contributed by atoms with E-state index in [1.807, 2.05) is 6.19 Å². The molecule has 1 saturated heterocycles. The summed E-state index contributed by atoms with van der Waals surface area (Å²) in [7, 11) is -8.71. The number of carbonyl (C=O) groups is 2. The van der Waals surface area contributed by atoms with Crippen molar-refractivity contribution in [1.82, 2.24) is 15.2 Å². The van der Waals surface area contributed by atoms with E-state index in [-0.39, 0.29) is 49.2 Å². The van der Waals surface area contributed by atoms with Crippen LogP contribution in [0.2, 0.25) is 0 Å². The molecule has 0 bridgehead atoms. The minimum Gasteiger partial charge on any atom is -0.379 e. The molecule has 42 heavy (non-hydrogen) atoms. The fourth-order valence-corrected chi connectivity index (χ4v) is 5.81. The third kappa shape index (κ3) is 7.06. The lowest BCUT2D eigenvalue weighted by Crippen LogP contribution is -2.52. The molecule has 1 aromatic carbocycles. The van der Waals surface area contributed by atoms with Crippen molar-refractivity contribution in [2.24, 2.45) is 0 Å². The molecule has 1 N–H and O–H groups in total. The van der Waals surface area contributed by atoms with E-state index in [0.29, 0.717) is 12.1 Å². The van der Waals surface area contributed by atoms with E-state index in [2.05, 4.69) is 10.3 Å². The normalized spacial score (nSPS) is 23.3. The molecule has 0 radical (unpaired) electrons. The summed E-state index contributed by atoms with van der Waals surface area (Å²) in [5, 5.41) is 12.3. The predicted octanol–water partition coefficient (Wildman–Crippen LogP) is 6.08. The number of benzene rings is 1. The molecule has 0 spiro atoms. The summed E-state index contributed by atoms with van der Waals surface area (Å²) in [6, 6.07) is 0.866. The van der Waals surface area contributed by atoms with Crippen molar-refractivity contribution in [2.75, 3.05) is 18.6 Å². The van der Waals surface area contributed by atoms with Crippen LogP contribution in [-0.2, 0) is 14.3 Å². The van der Waals surface area contributed by atoms with Gasteiger partial charge in [0.15, 0.2) is 6.19 Å². The van der Waals surface area contributed by atoms with Gasteiger partial charge in [0.25, 0.3) is 5.91 Å². The molecule has 1 saturated carbocycles. The summed E-state index contributed by atoms with van der Waals surface area (Å²) in [6.07, 6.45) is 2.80. The molecule has 2 aromatic rings. The van der Waals surface area contributed by atoms with Crippen molar-refractivity contribution in [3.63, 3.8) is 0 Å². The number of ether oxygens (including phenoxy) is 1. The Balaban J connectivity index is 1.80. The molecule has 1 aliphatic carbocycles. The zero-order valence-electron chi connectivity index (χ0n) is 22.2. The number of likely N-dealkylation sites (tertiary alicyclic amines) is 1. The first-order valence-electron chi connectivity index (χ1n) is 12.9. The summed E-state index contributed by atoms with van der Waals surface area (Å²) in [4.78, 5) is 31.6. The zero-order valence-corrected chi connectivity index (χ0v) is 23.1. The maximum absolute atomic E-state index is 14.1. The molecule has 4 rings (SSSR count). The van der Waals surface area contributed by atoms with E-state index in [1.165, 1.54) is 31.6 Å². The van der Waals surface area contributed by atoms with Crippen molar-refractivity contribution < 1.29 is 42.5 Å². The van der Waals surface area contributed by atoms with E-state index >= 15 is 0 Å². The number of anilines is 1. The molecule has 2 heterocycles. The molecule has 1 aliphatic heterocycles. The Morgan fingerprint density at radius 1 is 1.14 bits per heavy atom. The third-order valence-corrected chi connectivity index (χ3v) is 8.54. The van der Waals surface area contributed by atoms with Gasteiger partial charge < -0.3 is 10.1 Å². The highest BCUT2D eigenvalue weighted by molar-refractivity contribution is 8.45. The summed E-state index contributed by atoms with van der Waals surface area (Å²) >= 11 is 0. The Kier molecular flexibility index (Phi) is 7.92. The molecule has 230 valence electrons. The van der Waals surface area contributed by atoms with Crippen molar-refractivity contribution in [3.05, 3.63) is 54.4 Å². The molecule has 1 aromatic heterocycles. The van der Waals surface area contributed by atoms with Gasteiger partial charge in [-0.1, -0.05) is 25.5 Å². The first kappa shape index (κ1) is 31.4. The smallest absolute Gasteiger partial charge is 0.310 e. The molecular formula is C26H28F7N5O3S. The molecule has 8 nitrogen and oxygen atoms in total. The molecule has 16 heteroatoms. The Hall–Kier alpha value is -3.58. The summed E-state index contributed by atoms with van der Waals surface area (Å²) in [6.45, 7) is 0.0143. The highest BCUT2D eigenvalue weighted by Crippen LogP contribution is 3.02. The monoisotopic (exact) mass is 623 g/mol. The predicted molar refractivity (Wildman–Crippen MR) is 139 cm³/mol. The largest absolute Gasteiger partial charge is 0.379 e. The number of amides is 2. The number of hydrogen-bond donors (Lipinski definition) is 1. The van der Waals surface area contributed by atoms with Gasteiger partial charge in [-0.25, -0.2) is 8.78 Å². The van der Waals surface area contributed by atoms with Gasteiger partial charge >= 0.3 is 10.2 Å². The lowest BCUT2D eigenvalue weighted by atomic mass is 9.91. The first-order chi connectivity index (χ1) is 19.4. The third-order valence-electron chi connectivity index (χ3n) is 7.38. The van der Waals surface area contributed by atoms with Crippen LogP contribution in [0.1, 0.15) is 43.7 Å². The molecule has 2 fully saturated rings. The van der Waals surface area contributed by atoms with Gasteiger partial charge in [0, 0.05) is 56.1 Å². The van der Waals surface area contributed by atoms with Gasteiger partial charge in [-0.05, 0) is 43.2 Å². The van der Waals surface area contributed by atoms with E-state index in [9.17, 15) is 43.1 Å². The van der Waals surface area contributed by atoms with Crippen LogP contribution in [0, 0.1) is 11.5 Å². The molecule has 2 amide bonds. The maximum Gasteiger partial charge on any atom is 0.310 e. The number of alkyl halides is 2. The fraction of sp³-hybridized carbons (Fsp3) is 0.462. The second kappa shape index (κ2) is 10.6. The topological polar surface area (TPSA) is 98.6 Å². The van der Waals surface area contributed by atoms with Crippen molar-refractivity contribution >= 4 is 27.7 Å². The van der Waals surface area contributed by atoms with Crippen LogP contribution in [0.4, 0.5) is 33.9 Å². The minimum absolute atomic E-state index is 0.0119. The number of nitriles is 1. The Morgan fingerprint density at radius 2 is 1.79 bits per heavy atom. The second-order valence-corrected chi connectivity index (χ2v) is 12.8. The van der Waals surface area contributed by atoms with Crippen LogP contribution in [0.5, 0.6) is 0 Å². The van der Waals surface area contributed by atoms with E-state index in [0.717, 1.165) is 9.80 Å². The minimum atomic E-state index is -10.1. The van der Waals surface area contributed by atoms with E-state index in [1.54, 1.807) is 0 Å². The van der Waals surface area contributed by atoms with Crippen molar-refractivity contribution in [3.8, 4) is 6.19 Å². The van der Waals surface area contributed by atoms with Gasteiger partial charge in [-0.15, -0.1) is 0 Å². The zero-order chi connectivity index (χ0) is 31.0. The number of rotatable bonds is 8. The van der Waals surface area contributed by atoms with Gasteiger partial charge in [0.1, 0.15) is 17.0 Å². The molecule has 3 unspecified atom stereocenters. The molecule has 3 atom stereocenters. The van der Waals surface area contributed by atoms with Crippen LogP contribution in [0.15, 0.2) is 53.7 Å².